The Bertz CT molecular complexity index is 2940. The van der Waals surface area contributed by atoms with E-state index >= 15 is 0 Å². The van der Waals surface area contributed by atoms with Crippen molar-refractivity contribution in [3.05, 3.63) is 247 Å². The van der Waals surface area contributed by atoms with Crippen molar-refractivity contribution in [2.24, 2.45) is 0 Å². The molecule has 10 aromatic rings. The molecule has 1 atom stereocenters. The lowest BCUT2D eigenvalue weighted by molar-refractivity contribution is 0.805. The van der Waals surface area contributed by atoms with E-state index in [1.807, 2.05) is 0 Å². The Hall–Kier alpha value is -7.22. The van der Waals surface area contributed by atoms with E-state index in [1.165, 1.54) is 83.0 Å². The average Bonchev–Trinajstić information content (AvgIpc) is 3.63. The van der Waals surface area contributed by atoms with Gasteiger partial charge in [0.05, 0.1) is 11.0 Å². The lowest BCUT2D eigenvalue weighted by atomic mass is 9.84. The van der Waals surface area contributed by atoms with Crippen LogP contribution in [0, 0.1) is 0 Å². The maximum atomic E-state index is 2.39. The normalized spacial score (nSPS) is 11.9. The van der Waals surface area contributed by atoms with Gasteiger partial charge < -0.3 is 4.57 Å². The van der Waals surface area contributed by atoms with E-state index in [-0.39, 0.29) is 5.92 Å². The highest BCUT2D eigenvalue weighted by atomic mass is 15.0. The molecular weight excluding hydrogens is 687 g/mol. The van der Waals surface area contributed by atoms with Crippen LogP contribution in [0.2, 0.25) is 0 Å². The molecule has 57 heavy (non-hydrogen) atoms. The molecule has 1 heterocycles. The van der Waals surface area contributed by atoms with Crippen molar-refractivity contribution < 1.29 is 0 Å². The van der Waals surface area contributed by atoms with Crippen LogP contribution in [0.1, 0.15) is 22.6 Å². The van der Waals surface area contributed by atoms with Gasteiger partial charge in [-0.3, -0.25) is 0 Å². The number of nitrogens with zero attached hydrogens (tertiary/aromatic N) is 1. The molecule has 0 amide bonds. The van der Waals surface area contributed by atoms with Crippen LogP contribution in [0.4, 0.5) is 0 Å². The van der Waals surface area contributed by atoms with E-state index < -0.39 is 0 Å². The molecule has 0 aliphatic carbocycles. The molecule has 0 aliphatic heterocycles. The fourth-order valence-corrected chi connectivity index (χ4v) is 8.51. The number of fused-ring (bicyclic) bond motifs is 3. The van der Waals surface area contributed by atoms with Crippen molar-refractivity contribution in [2.45, 2.75) is 12.3 Å². The van der Waals surface area contributed by atoms with Crippen molar-refractivity contribution >= 4 is 21.8 Å². The second-order valence-electron chi connectivity index (χ2n) is 14.9. The van der Waals surface area contributed by atoms with Crippen molar-refractivity contribution in [1.82, 2.24) is 4.57 Å². The van der Waals surface area contributed by atoms with Crippen molar-refractivity contribution in [1.29, 1.82) is 0 Å². The third-order valence-electron chi connectivity index (χ3n) is 11.4. The minimum absolute atomic E-state index is 0.244. The molecule has 1 heteroatoms. The zero-order valence-electron chi connectivity index (χ0n) is 31.7. The first-order valence-corrected chi connectivity index (χ1v) is 19.8. The Morgan fingerprint density at radius 2 is 0.754 bits per heavy atom. The highest BCUT2D eigenvalue weighted by Gasteiger charge is 2.17. The maximum absolute atomic E-state index is 2.39. The fraction of sp³-hybridized carbons (Fsp3) is 0.0357. The van der Waals surface area contributed by atoms with Crippen molar-refractivity contribution in [3.63, 3.8) is 0 Å². The number of hydrogen-bond acceptors (Lipinski definition) is 0. The summed E-state index contributed by atoms with van der Waals surface area (Å²) in [7, 11) is 0. The molecule has 0 fully saturated rings. The van der Waals surface area contributed by atoms with Crippen LogP contribution in [0.15, 0.2) is 231 Å². The number of hydrogen-bond donors (Lipinski definition) is 0. The molecule has 10 rings (SSSR count). The summed E-state index contributed by atoms with van der Waals surface area (Å²) in [5, 5.41) is 2.51. The summed E-state index contributed by atoms with van der Waals surface area (Å²) in [6, 6.07) is 84.1. The van der Waals surface area contributed by atoms with Gasteiger partial charge in [-0.15, -0.1) is 0 Å². The Morgan fingerprint density at radius 3 is 1.42 bits per heavy atom. The zero-order valence-corrected chi connectivity index (χ0v) is 31.7. The first-order chi connectivity index (χ1) is 28.2. The molecule has 1 nitrogen and oxygen atoms in total. The van der Waals surface area contributed by atoms with Crippen LogP contribution in [-0.4, -0.2) is 4.57 Å². The van der Waals surface area contributed by atoms with Gasteiger partial charge in [-0.2, -0.15) is 0 Å². The quantitative estimate of drug-likeness (QED) is 0.140. The maximum Gasteiger partial charge on any atom is 0.0541 e. The van der Waals surface area contributed by atoms with E-state index in [1.54, 1.807) is 0 Å². The molecule has 0 radical (unpaired) electrons. The van der Waals surface area contributed by atoms with Gasteiger partial charge in [0.25, 0.3) is 0 Å². The molecular formula is C56H41N. The fourth-order valence-electron chi connectivity index (χ4n) is 8.51. The first kappa shape index (κ1) is 34.3. The van der Waals surface area contributed by atoms with Gasteiger partial charge in [-0.25, -0.2) is 0 Å². The summed E-state index contributed by atoms with van der Waals surface area (Å²) in [4.78, 5) is 0. The second-order valence-corrected chi connectivity index (χ2v) is 14.9. The smallest absolute Gasteiger partial charge is 0.0541 e. The van der Waals surface area contributed by atoms with Gasteiger partial charge in [0.2, 0.25) is 0 Å². The van der Waals surface area contributed by atoms with Gasteiger partial charge in [-0.05, 0) is 104 Å². The lowest BCUT2D eigenvalue weighted by Gasteiger charge is -2.19. The van der Waals surface area contributed by atoms with E-state index in [2.05, 4.69) is 235 Å². The van der Waals surface area contributed by atoms with Gasteiger partial charge in [0.1, 0.15) is 0 Å². The highest BCUT2D eigenvalue weighted by Crippen LogP contribution is 2.37. The lowest BCUT2D eigenvalue weighted by Crippen LogP contribution is -2.05. The topological polar surface area (TPSA) is 4.93 Å². The highest BCUT2D eigenvalue weighted by molar-refractivity contribution is 6.10. The molecule has 0 spiro atoms. The predicted octanol–water partition coefficient (Wildman–Crippen LogP) is 14.8. The zero-order chi connectivity index (χ0) is 38.0. The van der Waals surface area contributed by atoms with Crippen LogP contribution in [-0.2, 0) is 6.42 Å². The van der Waals surface area contributed by atoms with E-state index in [4.69, 9.17) is 0 Å². The van der Waals surface area contributed by atoms with Crippen LogP contribution < -0.4 is 0 Å². The van der Waals surface area contributed by atoms with Crippen LogP contribution in [0.3, 0.4) is 0 Å². The molecule has 0 saturated heterocycles. The molecule has 0 N–H and O–H groups in total. The van der Waals surface area contributed by atoms with E-state index in [9.17, 15) is 0 Å². The Kier molecular flexibility index (Phi) is 9.10. The van der Waals surface area contributed by atoms with Gasteiger partial charge in [0, 0.05) is 22.4 Å². The minimum atomic E-state index is 0.244. The largest absolute Gasteiger partial charge is 0.309 e. The molecule has 0 aliphatic rings. The van der Waals surface area contributed by atoms with Gasteiger partial charge in [0.15, 0.2) is 0 Å². The minimum Gasteiger partial charge on any atom is -0.309 e. The van der Waals surface area contributed by atoms with Crippen molar-refractivity contribution in [3.8, 4) is 50.2 Å². The number of aromatic nitrogens is 1. The van der Waals surface area contributed by atoms with Crippen molar-refractivity contribution in [2.75, 3.05) is 0 Å². The van der Waals surface area contributed by atoms with Crippen LogP contribution >= 0.6 is 0 Å². The van der Waals surface area contributed by atoms with Gasteiger partial charge >= 0.3 is 0 Å². The summed E-state index contributed by atoms with van der Waals surface area (Å²) < 4.78 is 2.39. The van der Waals surface area contributed by atoms with E-state index in [0.717, 1.165) is 12.1 Å². The average molecular weight is 728 g/mol. The standard InChI is InChI=1S/C56H41N/c1-4-15-41(16-5-1)43-26-28-46(29-27-43)53(45-19-8-3-9-20-45)37-40-14-12-21-47(36-40)48-22-13-23-49(38-48)50-32-35-56-54(39-50)52-24-10-11-25-55(52)57(56)51-33-30-44(31-34-51)42-17-6-2-7-18-42/h1-36,38-39,53H,37H2. The van der Waals surface area contributed by atoms with Crippen LogP contribution in [0.25, 0.3) is 72.0 Å². The van der Waals surface area contributed by atoms with E-state index in [0.29, 0.717) is 0 Å². The van der Waals surface area contributed by atoms with Crippen LogP contribution in [0.5, 0.6) is 0 Å². The number of benzene rings is 9. The molecule has 9 aromatic carbocycles. The summed E-state index contributed by atoms with van der Waals surface area (Å²) in [6.07, 6.45) is 0.915. The predicted molar refractivity (Wildman–Crippen MR) is 241 cm³/mol. The third kappa shape index (κ3) is 6.86. The summed E-state index contributed by atoms with van der Waals surface area (Å²) >= 11 is 0. The monoisotopic (exact) mass is 727 g/mol. The number of rotatable bonds is 9. The molecule has 1 unspecified atom stereocenters. The molecule has 0 bridgehead atoms. The molecule has 1 aromatic heterocycles. The summed E-state index contributed by atoms with van der Waals surface area (Å²) in [5.74, 6) is 0.244. The molecule has 0 saturated carbocycles. The molecule has 270 valence electrons. The Labute approximate surface area is 334 Å². The van der Waals surface area contributed by atoms with Gasteiger partial charge in [-0.1, -0.05) is 194 Å². The Morgan fingerprint density at radius 1 is 0.298 bits per heavy atom. The Balaban J connectivity index is 0.962. The number of para-hydroxylation sites is 1. The SMILES string of the molecule is c1ccc(-c2ccc(C(Cc3cccc(-c4cccc(-c5ccc6c(c5)c5ccccc5n6-c5ccc(-c6ccccc6)cc5)c4)c3)c3ccccc3)cc2)cc1. The third-order valence-corrected chi connectivity index (χ3v) is 11.4. The first-order valence-electron chi connectivity index (χ1n) is 19.8. The summed E-state index contributed by atoms with van der Waals surface area (Å²) in [6.45, 7) is 0. The summed E-state index contributed by atoms with van der Waals surface area (Å²) in [5.41, 5.74) is 17.4. The second kappa shape index (κ2) is 15.1.